The zero-order valence-corrected chi connectivity index (χ0v) is 33.0. The molecule has 20 nitrogen and oxygen atoms in total. The van der Waals surface area contributed by atoms with Crippen LogP contribution in [0.25, 0.3) is 22.2 Å². The molecule has 1 aliphatic rings. The van der Waals surface area contributed by atoms with Crippen molar-refractivity contribution in [1.82, 2.24) is 29.4 Å². The van der Waals surface area contributed by atoms with Gasteiger partial charge in [-0.3, -0.25) is 0 Å². The second kappa shape index (κ2) is 25.4. The van der Waals surface area contributed by atoms with Crippen LogP contribution in [-0.4, -0.2) is 103 Å². The van der Waals surface area contributed by atoms with Crippen molar-refractivity contribution in [3.05, 3.63) is 122 Å². The van der Waals surface area contributed by atoms with Gasteiger partial charge in [0.25, 0.3) is 0 Å². The highest BCUT2D eigenvalue weighted by Gasteiger charge is 2.25. The summed E-state index contributed by atoms with van der Waals surface area (Å²) in [7, 11) is 0. The molecule has 0 bridgehead atoms. The van der Waals surface area contributed by atoms with Crippen LogP contribution in [0.15, 0.2) is 122 Å². The van der Waals surface area contributed by atoms with Gasteiger partial charge in [0, 0.05) is 79.2 Å². The van der Waals surface area contributed by atoms with E-state index < -0.39 is 35.8 Å². The number of anilines is 1. The van der Waals surface area contributed by atoms with Crippen LogP contribution in [0.3, 0.4) is 0 Å². The fourth-order valence-electron chi connectivity index (χ4n) is 5.91. The Morgan fingerprint density at radius 1 is 0.710 bits per heavy atom. The lowest BCUT2D eigenvalue weighted by Crippen LogP contribution is -2.34. The summed E-state index contributed by atoms with van der Waals surface area (Å²) in [4.78, 5) is 70.4. The van der Waals surface area contributed by atoms with E-state index in [0.717, 1.165) is 78.9 Å². The largest absolute Gasteiger partial charge is 0.478 e. The summed E-state index contributed by atoms with van der Waals surface area (Å²) in [6, 6.07) is 18.9. The molecule has 0 aliphatic heterocycles. The Kier molecular flexibility index (Phi) is 19.7. The maximum absolute atomic E-state index is 9.55. The van der Waals surface area contributed by atoms with Gasteiger partial charge in [0.15, 0.2) is 0 Å². The molecule has 0 atom stereocenters. The third-order valence-electron chi connectivity index (χ3n) is 8.56. The van der Waals surface area contributed by atoms with Gasteiger partial charge in [-0.25, -0.2) is 43.7 Å². The first-order valence-corrected chi connectivity index (χ1v) is 18.7. The first-order valence-electron chi connectivity index (χ1n) is 18.7. The summed E-state index contributed by atoms with van der Waals surface area (Å²) in [6.07, 6.45) is 18.5. The Labute approximate surface area is 353 Å². The second-order valence-electron chi connectivity index (χ2n) is 13.0. The molecule has 62 heavy (non-hydrogen) atoms. The number of nitrogens with one attached hydrogen (secondary N) is 1. The van der Waals surface area contributed by atoms with Crippen LogP contribution in [0.5, 0.6) is 11.5 Å². The standard InChI is InChI=1S/C30H33N7O.3C4H4O4/c31-29-28-27(22-7-13-26(14-8-22)38-25-5-2-1-3-6-25)19-37(30(28)35-20-34-29)24-11-9-23(10-12-24)33-15-4-17-36-18-16-32-21-36;3*5-3(6)1-2-4(7)8/h1-3,5-8,13-14,16,18-21,23-24,33H,4,9-12,15,17H2,(H2,31,34,35);3*1-2H,(H,5,6)(H,7,8)/b;3*2-1-. The average molecular weight is 856 g/mol. The van der Waals surface area contributed by atoms with Crippen molar-refractivity contribution in [1.29, 1.82) is 0 Å². The number of imidazole rings is 1. The highest BCUT2D eigenvalue weighted by Crippen LogP contribution is 2.38. The van der Waals surface area contributed by atoms with Crippen LogP contribution in [0.1, 0.15) is 38.1 Å². The number of benzene rings is 2. The van der Waals surface area contributed by atoms with E-state index in [-0.39, 0.29) is 0 Å². The van der Waals surface area contributed by atoms with Gasteiger partial charge < -0.3 is 55.6 Å². The second-order valence-corrected chi connectivity index (χ2v) is 13.0. The summed E-state index contributed by atoms with van der Waals surface area (Å²) < 4.78 is 10.4. The van der Waals surface area contributed by atoms with E-state index in [4.69, 9.17) is 41.1 Å². The molecular weight excluding hydrogens is 810 g/mol. The Balaban J connectivity index is 0.000000349. The van der Waals surface area contributed by atoms with E-state index in [1.807, 2.05) is 61.2 Å². The van der Waals surface area contributed by atoms with E-state index in [9.17, 15) is 28.8 Å². The van der Waals surface area contributed by atoms with Crippen LogP contribution < -0.4 is 15.8 Å². The highest BCUT2D eigenvalue weighted by molar-refractivity contribution is 6.00. The molecule has 1 fully saturated rings. The van der Waals surface area contributed by atoms with Crippen molar-refractivity contribution in [3.63, 3.8) is 0 Å². The van der Waals surface area contributed by atoms with Crippen molar-refractivity contribution in [2.45, 2.75) is 50.7 Å². The van der Waals surface area contributed by atoms with E-state index >= 15 is 0 Å². The van der Waals surface area contributed by atoms with Gasteiger partial charge in [0.1, 0.15) is 29.3 Å². The summed E-state index contributed by atoms with van der Waals surface area (Å²) in [6.45, 7) is 2.03. The molecule has 5 aromatic rings. The number of aryl methyl sites for hydroxylation is 1. The SMILES string of the molecule is Nc1ncnc2c1c(-c1ccc(Oc3ccccc3)cc1)cn2C1CCC(NCCCn2ccnc2)CC1.O=C(O)/C=C\C(=O)O.O=C(O)/C=C\C(=O)O.O=C(O)/C=C\C(=O)O. The zero-order chi connectivity index (χ0) is 45.4. The number of carboxylic acid groups (broad SMARTS) is 6. The number of aliphatic carboxylic acids is 6. The number of hydrogen-bond acceptors (Lipinski definition) is 12. The van der Waals surface area contributed by atoms with Gasteiger partial charge in [0.05, 0.1) is 11.7 Å². The van der Waals surface area contributed by atoms with E-state index in [1.165, 1.54) is 0 Å². The molecule has 0 unspecified atom stereocenters. The van der Waals surface area contributed by atoms with Crippen molar-refractivity contribution in [2.24, 2.45) is 0 Å². The molecule has 1 aliphatic carbocycles. The van der Waals surface area contributed by atoms with Crippen LogP contribution >= 0.6 is 0 Å². The Hall–Kier alpha value is -8.13. The topological polar surface area (TPSA) is 320 Å². The minimum absolute atomic E-state index is 0.394. The Bertz CT molecular complexity index is 2200. The monoisotopic (exact) mass is 855 g/mol. The zero-order valence-electron chi connectivity index (χ0n) is 33.0. The van der Waals surface area contributed by atoms with Gasteiger partial charge in [-0.05, 0) is 68.5 Å². The number of hydrogen-bond donors (Lipinski definition) is 8. The number of para-hydroxylation sites is 1. The fraction of sp³-hybridized carbons (Fsp3) is 0.214. The normalized spacial score (nSPS) is 14.5. The smallest absolute Gasteiger partial charge is 0.328 e. The molecule has 0 radical (unpaired) electrons. The van der Waals surface area contributed by atoms with Gasteiger partial charge in [-0.2, -0.15) is 0 Å². The lowest BCUT2D eigenvalue weighted by molar-refractivity contribution is -0.134. The van der Waals surface area contributed by atoms with Gasteiger partial charge in [0.2, 0.25) is 0 Å². The highest BCUT2D eigenvalue weighted by atomic mass is 16.5. The number of carbonyl (C=O) groups is 6. The molecule has 3 aromatic heterocycles. The number of rotatable bonds is 15. The summed E-state index contributed by atoms with van der Waals surface area (Å²) in [5, 5.41) is 51.5. The van der Waals surface area contributed by atoms with Crippen LogP contribution in [0.2, 0.25) is 0 Å². The molecule has 9 N–H and O–H groups in total. The number of nitrogens with two attached hydrogens (primary N) is 1. The lowest BCUT2D eigenvalue weighted by Gasteiger charge is -2.30. The predicted molar refractivity (Wildman–Crippen MR) is 223 cm³/mol. The average Bonchev–Trinajstić information content (AvgIpc) is 3.91. The van der Waals surface area contributed by atoms with Crippen LogP contribution in [0, 0.1) is 0 Å². The number of carboxylic acids is 6. The minimum atomic E-state index is -1.26. The summed E-state index contributed by atoms with van der Waals surface area (Å²) in [5.41, 5.74) is 9.43. The Morgan fingerprint density at radius 2 is 1.23 bits per heavy atom. The van der Waals surface area contributed by atoms with Gasteiger partial charge in [-0.15, -0.1) is 0 Å². The maximum atomic E-state index is 9.55. The van der Waals surface area contributed by atoms with Crippen molar-refractivity contribution < 1.29 is 64.1 Å². The van der Waals surface area contributed by atoms with Crippen LogP contribution in [0.4, 0.5) is 5.82 Å². The molecule has 326 valence electrons. The number of aromatic nitrogens is 5. The molecule has 6 rings (SSSR count). The lowest BCUT2D eigenvalue weighted by atomic mass is 9.91. The van der Waals surface area contributed by atoms with Gasteiger partial charge >= 0.3 is 35.8 Å². The number of nitrogens with zero attached hydrogens (tertiary/aromatic N) is 5. The Morgan fingerprint density at radius 3 is 1.71 bits per heavy atom. The molecular formula is C42H45N7O13. The third-order valence-corrected chi connectivity index (χ3v) is 8.56. The molecule has 3 heterocycles. The fourth-order valence-corrected chi connectivity index (χ4v) is 5.91. The van der Waals surface area contributed by atoms with Gasteiger partial charge in [-0.1, -0.05) is 30.3 Å². The number of fused-ring (bicyclic) bond motifs is 1. The molecule has 2 aromatic carbocycles. The van der Waals surface area contributed by atoms with Crippen LogP contribution in [-0.2, 0) is 35.3 Å². The molecule has 0 amide bonds. The third kappa shape index (κ3) is 17.8. The van der Waals surface area contributed by atoms with Crippen molar-refractivity contribution in [3.8, 4) is 22.6 Å². The number of nitrogen functional groups attached to an aromatic ring is 1. The van der Waals surface area contributed by atoms with E-state index in [0.29, 0.717) is 54.4 Å². The van der Waals surface area contributed by atoms with Crippen molar-refractivity contribution in [2.75, 3.05) is 12.3 Å². The first kappa shape index (κ1) is 48.2. The molecule has 1 saturated carbocycles. The first-order chi connectivity index (χ1) is 29.6. The van der Waals surface area contributed by atoms with E-state index in [1.54, 1.807) is 6.33 Å². The molecule has 0 saturated heterocycles. The predicted octanol–water partition coefficient (Wildman–Crippen LogP) is 4.97. The number of ether oxygens (including phenoxy) is 1. The van der Waals surface area contributed by atoms with E-state index in [2.05, 4.69) is 47.7 Å². The minimum Gasteiger partial charge on any atom is -0.478 e. The van der Waals surface area contributed by atoms with Crippen molar-refractivity contribution >= 4 is 52.7 Å². The summed E-state index contributed by atoms with van der Waals surface area (Å²) in [5.74, 6) is -5.41. The molecule has 20 heteroatoms. The summed E-state index contributed by atoms with van der Waals surface area (Å²) >= 11 is 0. The quantitative estimate of drug-likeness (QED) is 0.0509. The molecule has 0 spiro atoms. The maximum Gasteiger partial charge on any atom is 0.328 e.